The highest BCUT2D eigenvalue weighted by Gasteiger charge is 2.14. The third-order valence-corrected chi connectivity index (χ3v) is 3.62. The topological polar surface area (TPSA) is 39.2 Å². The maximum atomic E-state index is 12.0. The predicted molar refractivity (Wildman–Crippen MR) is 87.3 cm³/mol. The van der Waals surface area contributed by atoms with Gasteiger partial charge in [-0.15, -0.1) is 0 Å². The fraction of sp³-hybridized carbons (Fsp3) is 0.294. The number of hydrogen-bond donors (Lipinski definition) is 0. The molecule has 4 heteroatoms. The van der Waals surface area contributed by atoms with Crippen LogP contribution in [0.4, 0.5) is 0 Å². The van der Waals surface area contributed by atoms with Crippen LogP contribution >= 0.6 is 15.9 Å². The lowest BCUT2D eigenvalue weighted by Gasteiger charge is -2.10. The molecule has 3 nitrogen and oxygen atoms in total. The molecule has 2 aromatic rings. The van der Waals surface area contributed by atoms with E-state index in [9.17, 15) is 4.79 Å². The fourth-order valence-corrected chi connectivity index (χ4v) is 2.37. The van der Waals surface area contributed by atoms with Crippen LogP contribution in [0.5, 0.6) is 0 Å². The lowest BCUT2D eigenvalue weighted by molar-refractivity contribution is 0.0524. The van der Waals surface area contributed by atoms with Crippen molar-refractivity contribution in [1.82, 2.24) is 4.98 Å². The minimum Gasteiger partial charge on any atom is -0.462 e. The molecule has 0 N–H and O–H groups in total. The number of hydrogen-bond acceptors (Lipinski definition) is 3. The maximum Gasteiger partial charge on any atom is 0.339 e. The van der Waals surface area contributed by atoms with Crippen LogP contribution in [0.25, 0.3) is 11.3 Å². The number of esters is 1. The molecule has 0 amide bonds. The molecule has 0 unspecified atom stereocenters. The van der Waals surface area contributed by atoms with Crippen LogP contribution in [0.2, 0.25) is 0 Å². The molecule has 0 bridgehead atoms. The van der Waals surface area contributed by atoms with Gasteiger partial charge >= 0.3 is 5.97 Å². The summed E-state index contributed by atoms with van der Waals surface area (Å²) in [7, 11) is 0. The molecule has 0 aliphatic heterocycles. The van der Waals surface area contributed by atoms with Gasteiger partial charge in [0.1, 0.15) is 0 Å². The van der Waals surface area contributed by atoms with Crippen molar-refractivity contribution in [3.05, 3.63) is 52.1 Å². The van der Waals surface area contributed by atoms with Crippen LogP contribution < -0.4 is 0 Å². The summed E-state index contributed by atoms with van der Waals surface area (Å²) in [6, 6.07) is 11.7. The maximum absolute atomic E-state index is 12.0. The van der Waals surface area contributed by atoms with Crippen molar-refractivity contribution in [3.63, 3.8) is 0 Å². The van der Waals surface area contributed by atoms with Gasteiger partial charge in [0.25, 0.3) is 0 Å². The van der Waals surface area contributed by atoms with Crippen molar-refractivity contribution in [2.45, 2.75) is 26.7 Å². The number of pyridine rings is 1. The molecule has 0 aliphatic rings. The number of carbonyl (C=O) groups is 1. The van der Waals surface area contributed by atoms with Gasteiger partial charge in [-0.25, -0.2) is 4.79 Å². The highest BCUT2D eigenvalue weighted by Crippen LogP contribution is 2.22. The van der Waals surface area contributed by atoms with E-state index in [4.69, 9.17) is 4.74 Å². The highest BCUT2D eigenvalue weighted by molar-refractivity contribution is 9.10. The minimum absolute atomic E-state index is 0.296. The van der Waals surface area contributed by atoms with E-state index in [2.05, 4.69) is 27.8 Å². The molecule has 0 radical (unpaired) electrons. The van der Waals surface area contributed by atoms with Crippen LogP contribution in [0.3, 0.4) is 0 Å². The van der Waals surface area contributed by atoms with Gasteiger partial charge in [-0.3, -0.25) is 4.98 Å². The summed E-state index contributed by atoms with van der Waals surface area (Å²) in [6.45, 7) is 4.25. The van der Waals surface area contributed by atoms with Gasteiger partial charge in [0.05, 0.1) is 23.6 Å². The first-order chi connectivity index (χ1) is 10.2. The Morgan fingerprint density at radius 3 is 2.48 bits per heavy atom. The quantitative estimate of drug-likeness (QED) is 0.739. The largest absolute Gasteiger partial charge is 0.462 e. The van der Waals surface area contributed by atoms with Crippen molar-refractivity contribution >= 4 is 21.9 Å². The van der Waals surface area contributed by atoms with Crippen LogP contribution in [0.1, 0.15) is 36.3 Å². The van der Waals surface area contributed by atoms with Gasteiger partial charge in [0.2, 0.25) is 0 Å². The summed E-state index contributed by atoms with van der Waals surface area (Å²) in [5, 5.41) is 0. The average Bonchev–Trinajstić information content (AvgIpc) is 2.48. The second-order valence-corrected chi connectivity index (χ2v) is 5.58. The molecule has 1 heterocycles. The van der Waals surface area contributed by atoms with E-state index in [-0.39, 0.29) is 5.97 Å². The zero-order valence-electron chi connectivity index (χ0n) is 12.2. The van der Waals surface area contributed by atoms with Crippen molar-refractivity contribution < 1.29 is 9.53 Å². The fourth-order valence-electron chi connectivity index (χ4n) is 2.10. The molecular weight excluding hydrogens is 330 g/mol. The van der Waals surface area contributed by atoms with Crippen LogP contribution in [-0.2, 0) is 11.2 Å². The molecule has 0 saturated carbocycles. The van der Waals surface area contributed by atoms with Crippen LogP contribution in [-0.4, -0.2) is 17.6 Å². The zero-order valence-corrected chi connectivity index (χ0v) is 13.8. The Kier molecular flexibility index (Phi) is 5.51. The Morgan fingerprint density at radius 1 is 1.14 bits per heavy atom. The van der Waals surface area contributed by atoms with Gasteiger partial charge in [0, 0.05) is 10.0 Å². The predicted octanol–water partition coefficient (Wildman–Crippen LogP) is 4.64. The summed E-state index contributed by atoms with van der Waals surface area (Å²) >= 11 is 3.42. The molecular formula is C17H18BrNO2. The van der Waals surface area contributed by atoms with Gasteiger partial charge in [-0.2, -0.15) is 0 Å². The van der Waals surface area contributed by atoms with Crippen LogP contribution in [0.15, 0.2) is 40.9 Å². The Balaban J connectivity index is 2.39. The first-order valence-electron chi connectivity index (χ1n) is 7.08. The van der Waals surface area contributed by atoms with Gasteiger partial charge < -0.3 is 4.74 Å². The summed E-state index contributed by atoms with van der Waals surface area (Å²) in [5.74, 6) is -0.296. The standard InChI is InChI=1S/C17H18BrNO2/c1-3-5-16-14(17(20)21-4-2)10-11-15(19-16)12-6-8-13(18)9-7-12/h6-11H,3-5H2,1-2H3. The molecule has 2 rings (SSSR count). The molecule has 21 heavy (non-hydrogen) atoms. The Morgan fingerprint density at radius 2 is 1.86 bits per heavy atom. The molecule has 110 valence electrons. The summed E-state index contributed by atoms with van der Waals surface area (Å²) < 4.78 is 6.12. The second-order valence-electron chi connectivity index (χ2n) is 4.67. The van der Waals surface area contributed by atoms with Crippen LogP contribution in [0, 0.1) is 0 Å². The average molecular weight is 348 g/mol. The first kappa shape index (κ1) is 15.7. The van der Waals surface area contributed by atoms with E-state index in [0.29, 0.717) is 12.2 Å². The Labute approximate surface area is 133 Å². The van der Waals surface area contributed by atoms with E-state index in [1.54, 1.807) is 6.92 Å². The third-order valence-electron chi connectivity index (χ3n) is 3.10. The number of aromatic nitrogens is 1. The molecule has 1 aromatic heterocycles. The molecule has 0 atom stereocenters. The molecule has 0 fully saturated rings. The molecule has 1 aromatic carbocycles. The van der Waals surface area contributed by atoms with Crippen molar-refractivity contribution in [1.29, 1.82) is 0 Å². The summed E-state index contributed by atoms with van der Waals surface area (Å²) in [6.07, 6.45) is 1.70. The van der Waals surface area contributed by atoms with E-state index in [0.717, 1.165) is 34.3 Å². The normalized spacial score (nSPS) is 10.4. The monoisotopic (exact) mass is 347 g/mol. The van der Waals surface area contributed by atoms with Gasteiger partial charge in [0.15, 0.2) is 0 Å². The smallest absolute Gasteiger partial charge is 0.339 e. The molecule has 0 aliphatic carbocycles. The van der Waals surface area contributed by atoms with Gasteiger partial charge in [-0.1, -0.05) is 41.4 Å². The molecule has 0 spiro atoms. The summed E-state index contributed by atoms with van der Waals surface area (Å²) in [5.41, 5.74) is 3.28. The number of carbonyl (C=O) groups excluding carboxylic acids is 1. The van der Waals surface area contributed by atoms with Crippen molar-refractivity contribution in [3.8, 4) is 11.3 Å². The number of benzene rings is 1. The first-order valence-corrected chi connectivity index (χ1v) is 7.88. The number of halogens is 1. The number of aryl methyl sites for hydroxylation is 1. The number of nitrogens with zero attached hydrogens (tertiary/aromatic N) is 1. The number of ether oxygens (including phenoxy) is 1. The van der Waals surface area contributed by atoms with Crippen molar-refractivity contribution in [2.24, 2.45) is 0 Å². The van der Waals surface area contributed by atoms with Crippen molar-refractivity contribution in [2.75, 3.05) is 6.61 Å². The van der Waals surface area contributed by atoms with E-state index < -0.39 is 0 Å². The van der Waals surface area contributed by atoms with E-state index in [1.807, 2.05) is 36.4 Å². The Hall–Kier alpha value is -1.68. The highest BCUT2D eigenvalue weighted by atomic mass is 79.9. The zero-order chi connectivity index (χ0) is 15.2. The second kappa shape index (κ2) is 7.36. The van der Waals surface area contributed by atoms with Gasteiger partial charge in [-0.05, 0) is 37.6 Å². The lowest BCUT2D eigenvalue weighted by atomic mass is 10.1. The summed E-state index contributed by atoms with van der Waals surface area (Å²) in [4.78, 5) is 16.6. The minimum atomic E-state index is -0.296. The van der Waals surface area contributed by atoms with E-state index >= 15 is 0 Å². The SMILES string of the molecule is CCCc1nc(-c2ccc(Br)cc2)ccc1C(=O)OCC. The van der Waals surface area contributed by atoms with E-state index in [1.165, 1.54) is 0 Å². The lowest BCUT2D eigenvalue weighted by Crippen LogP contribution is -2.10. The molecule has 0 saturated heterocycles. The third kappa shape index (κ3) is 3.91. The Bertz CT molecular complexity index is 623. The number of rotatable bonds is 5.